The van der Waals surface area contributed by atoms with Crippen molar-refractivity contribution >= 4 is 33.6 Å². The van der Waals surface area contributed by atoms with Gasteiger partial charge in [0.1, 0.15) is 0 Å². The third-order valence-corrected chi connectivity index (χ3v) is 6.07. The van der Waals surface area contributed by atoms with Gasteiger partial charge in [0.2, 0.25) is 5.91 Å². The first-order chi connectivity index (χ1) is 11.1. The first kappa shape index (κ1) is 17.3. The van der Waals surface area contributed by atoms with Crippen LogP contribution in [0, 0.1) is 12.8 Å². The predicted molar refractivity (Wildman–Crippen MR) is 94.6 cm³/mol. The summed E-state index contributed by atoms with van der Waals surface area (Å²) >= 11 is 5.09. The zero-order chi connectivity index (χ0) is 16.2. The van der Waals surface area contributed by atoms with Gasteiger partial charge in [0.15, 0.2) is 6.29 Å². The summed E-state index contributed by atoms with van der Waals surface area (Å²) in [6.07, 6.45) is 1.89. The Morgan fingerprint density at radius 2 is 2.00 bits per heavy atom. The standard InChI is InChI=1S/C17H22BrNO3S/c1-12-10-14(18)2-3-15(12)23-11-16(20)19-6-4-13(5-7-19)17-21-8-9-22-17/h2-3,10,13,17H,4-9,11H2,1H3. The van der Waals surface area contributed by atoms with Gasteiger partial charge in [-0.1, -0.05) is 15.9 Å². The van der Waals surface area contributed by atoms with E-state index >= 15 is 0 Å². The van der Waals surface area contributed by atoms with Crippen LogP contribution in [0.3, 0.4) is 0 Å². The molecule has 0 aliphatic carbocycles. The van der Waals surface area contributed by atoms with Crippen LogP contribution in [0.1, 0.15) is 18.4 Å². The number of aryl methyl sites for hydroxylation is 1. The molecule has 0 aromatic heterocycles. The maximum atomic E-state index is 12.4. The number of carbonyl (C=O) groups excluding carboxylic acids is 1. The van der Waals surface area contributed by atoms with Gasteiger partial charge < -0.3 is 14.4 Å². The largest absolute Gasteiger partial charge is 0.350 e. The van der Waals surface area contributed by atoms with E-state index in [0.717, 1.165) is 30.4 Å². The molecule has 6 heteroatoms. The molecule has 2 saturated heterocycles. The van der Waals surface area contributed by atoms with E-state index in [2.05, 4.69) is 35.0 Å². The van der Waals surface area contributed by atoms with Gasteiger partial charge >= 0.3 is 0 Å². The second-order valence-electron chi connectivity index (χ2n) is 6.03. The lowest BCUT2D eigenvalue weighted by Crippen LogP contribution is -2.42. The summed E-state index contributed by atoms with van der Waals surface area (Å²) in [5, 5.41) is 0. The van der Waals surface area contributed by atoms with Crippen LogP contribution in [0.25, 0.3) is 0 Å². The van der Waals surface area contributed by atoms with Crippen LogP contribution in [0.2, 0.25) is 0 Å². The summed E-state index contributed by atoms with van der Waals surface area (Å²) in [7, 11) is 0. The van der Waals surface area contributed by atoms with E-state index < -0.39 is 0 Å². The number of hydrogen-bond donors (Lipinski definition) is 0. The van der Waals surface area contributed by atoms with Crippen molar-refractivity contribution in [3.8, 4) is 0 Å². The summed E-state index contributed by atoms with van der Waals surface area (Å²) in [5.74, 6) is 1.16. The number of hydrogen-bond acceptors (Lipinski definition) is 4. The van der Waals surface area contributed by atoms with Crippen LogP contribution in [-0.2, 0) is 14.3 Å². The molecule has 2 fully saturated rings. The fourth-order valence-corrected chi connectivity index (χ4v) is 4.46. The molecule has 0 atom stereocenters. The third-order valence-electron chi connectivity index (χ3n) is 4.41. The molecule has 1 aromatic carbocycles. The Hall–Kier alpha value is -0.560. The van der Waals surface area contributed by atoms with Crippen LogP contribution in [0.4, 0.5) is 0 Å². The van der Waals surface area contributed by atoms with E-state index in [1.54, 1.807) is 11.8 Å². The summed E-state index contributed by atoms with van der Waals surface area (Å²) in [6.45, 7) is 5.10. The smallest absolute Gasteiger partial charge is 0.232 e. The van der Waals surface area contributed by atoms with Gasteiger partial charge in [0.25, 0.3) is 0 Å². The maximum absolute atomic E-state index is 12.4. The Bertz CT molecular complexity index is 555. The zero-order valence-electron chi connectivity index (χ0n) is 13.3. The monoisotopic (exact) mass is 399 g/mol. The van der Waals surface area contributed by atoms with Gasteiger partial charge in [-0.15, -0.1) is 11.8 Å². The van der Waals surface area contributed by atoms with Crippen LogP contribution < -0.4 is 0 Å². The quantitative estimate of drug-likeness (QED) is 0.726. The van der Waals surface area contributed by atoms with Gasteiger partial charge in [-0.2, -0.15) is 0 Å². The summed E-state index contributed by atoms with van der Waals surface area (Å²) in [5.41, 5.74) is 1.20. The van der Waals surface area contributed by atoms with E-state index in [1.807, 2.05) is 11.0 Å². The molecule has 126 valence electrons. The molecule has 2 aliphatic rings. The summed E-state index contributed by atoms with van der Waals surface area (Å²) in [4.78, 5) is 15.6. The normalized spacial score (nSPS) is 20.2. The summed E-state index contributed by atoms with van der Waals surface area (Å²) in [6, 6.07) is 6.17. The van der Waals surface area contributed by atoms with Crippen molar-refractivity contribution in [1.82, 2.24) is 4.90 Å². The molecule has 23 heavy (non-hydrogen) atoms. The van der Waals surface area contributed by atoms with E-state index in [0.29, 0.717) is 24.9 Å². The van der Waals surface area contributed by atoms with E-state index in [1.165, 1.54) is 10.5 Å². The van der Waals surface area contributed by atoms with Gasteiger partial charge in [-0.05, 0) is 43.5 Å². The highest BCUT2D eigenvalue weighted by Gasteiger charge is 2.31. The van der Waals surface area contributed by atoms with Crippen molar-refractivity contribution in [3.05, 3.63) is 28.2 Å². The molecule has 0 N–H and O–H groups in total. The number of ether oxygens (including phenoxy) is 2. The minimum absolute atomic E-state index is 0.0490. The van der Waals surface area contributed by atoms with Crippen molar-refractivity contribution in [2.24, 2.45) is 5.92 Å². The highest BCUT2D eigenvalue weighted by Crippen LogP contribution is 2.28. The Labute approximate surface area is 150 Å². The molecule has 4 nitrogen and oxygen atoms in total. The number of nitrogens with zero attached hydrogens (tertiary/aromatic N) is 1. The maximum Gasteiger partial charge on any atom is 0.232 e. The molecule has 0 radical (unpaired) electrons. The number of halogens is 1. The highest BCUT2D eigenvalue weighted by molar-refractivity contribution is 9.10. The number of piperidine rings is 1. The molecule has 0 saturated carbocycles. The molecule has 2 heterocycles. The molecule has 3 rings (SSSR count). The number of thioether (sulfide) groups is 1. The van der Waals surface area contributed by atoms with Crippen LogP contribution in [0.15, 0.2) is 27.6 Å². The lowest BCUT2D eigenvalue weighted by Gasteiger charge is -2.33. The van der Waals surface area contributed by atoms with Gasteiger partial charge in [0.05, 0.1) is 19.0 Å². The number of carbonyl (C=O) groups is 1. The van der Waals surface area contributed by atoms with Gasteiger partial charge in [0, 0.05) is 28.4 Å². The van der Waals surface area contributed by atoms with E-state index in [9.17, 15) is 4.79 Å². The molecule has 2 aliphatic heterocycles. The molecule has 0 bridgehead atoms. The Kier molecular flexibility index (Phi) is 6.01. The fourth-order valence-electron chi connectivity index (χ4n) is 3.08. The Balaban J connectivity index is 1.46. The Morgan fingerprint density at radius 3 is 2.65 bits per heavy atom. The zero-order valence-corrected chi connectivity index (χ0v) is 15.7. The number of benzene rings is 1. The molecule has 1 amide bonds. The minimum atomic E-state index is -0.0490. The second-order valence-corrected chi connectivity index (χ2v) is 7.96. The van der Waals surface area contributed by atoms with Crippen molar-refractivity contribution < 1.29 is 14.3 Å². The topological polar surface area (TPSA) is 38.8 Å². The Morgan fingerprint density at radius 1 is 1.30 bits per heavy atom. The number of amides is 1. The third kappa shape index (κ3) is 4.50. The van der Waals surface area contributed by atoms with Gasteiger partial charge in [-0.25, -0.2) is 0 Å². The molecule has 1 aromatic rings. The van der Waals surface area contributed by atoms with Gasteiger partial charge in [-0.3, -0.25) is 4.79 Å². The SMILES string of the molecule is Cc1cc(Br)ccc1SCC(=O)N1CCC(C2OCCO2)CC1. The van der Waals surface area contributed by atoms with Crippen molar-refractivity contribution in [3.63, 3.8) is 0 Å². The summed E-state index contributed by atoms with van der Waals surface area (Å²) < 4.78 is 12.2. The molecule has 0 unspecified atom stereocenters. The first-order valence-corrected chi connectivity index (χ1v) is 9.81. The van der Waals surface area contributed by atoms with Crippen molar-refractivity contribution in [2.45, 2.75) is 31.0 Å². The molecule has 0 spiro atoms. The van der Waals surface area contributed by atoms with Crippen LogP contribution in [-0.4, -0.2) is 49.2 Å². The fraction of sp³-hybridized carbons (Fsp3) is 0.588. The molecular formula is C17H22BrNO3S. The first-order valence-electron chi connectivity index (χ1n) is 8.03. The van der Waals surface area contributed by atoms with Crippen LogP contribution >= 0.6 is 27.7 Å². The average Bonchev–Trinajstić information content (AvgIpc) is 3.08. The van der Waals surface area contributed by atoms with E-state index in [4.69, 9.17) is 9.47 Å². The minimum Gasteiger partial charge on any atom is -0.350 e. The van der Waals surface area contributed by atoms with Crippen molar-refractivity contribution in [1.29, 1.82) is 0 Å². The predicted octanol–water partition coefficient (Wildman–Crippen LogP) is 3.46. The highest BCUT2D eigenvalue weighted by atomic mass is 79.9. The average molecular weight is 400 g/mol. The second kappa shape index (κ2) is 8.01. The van der Waals surface area contributed by atoms with E-state index in [-0.39, 0.29) is 12.2 Å². The van der Waals surface area contributed by atoms with Crippen molar-refractivity contribution in [2.75, 3.05) is 32.1 Å². The lowest BCUT2D eigenvalue weighted by molar-refractivity contribution is -0.134. The molecular weight excluding hydrogens is 378 g/mol. The lowest BCUT2D eigenvalue weighted by atomic mass is 9.96. The van der Waals surface area contributed by atoms with Crippen LogP contribution in [0.5, 0.6) is 0 Å². The number of rotatable bonds is 4. The number of likely N-dealkylation sites (tertiary alicyclic amines) is 1.